The fourth-order valence-electron chi connectivity index (χ4n) is 6.53. The second-order valence-electron chi connectivity index (χ2n) is 11.8. The Morgan fingerprint density at radius 2 is 1.58 bits per heavy atom. The number of rotatable bonds is 8. The molecule has 0 bridgehead atoms. The zero-order valence-electron chi connectivity index (χ0n) is 24.7. The van der Waals surface area contributed by atoms with Crippen LogP contribution in [0.4, 0.5) is 0 Å². The highest BCUT2D eigenvalue weighted by Gasteiger charge is 2.43. The molecule has 1 aromatic heterocycles. The Morgan fingerprint density at radius 1 is 0.800 bits per heavy atom. The highest BCUT2D eigenvalue weighted by atomic mass is 16.4. The molecule has 0 spiro atoms. The third-order valence-corrected chi connectivity index (χ3v) is 9.02. The van der Waals surface area contributed by atoms with Gasteiger partial charge in [0, 0.05) is 49.2 Å². The molecular formula is C38H33N3O4. The summed E-state index contributed by atoms with van der Waals surface area (Å²) in [5.41, 5.74) is 7.79. The number of carbonyl (C=O) groups is 3. The molecule has 2 atom stereocenters. The van der Waals surface area contributed by atoms with Gasteiger partial charge in [-0.2, -0.15) is 0 Å². The topological polar surface area (TPSA) is 91.6 Å². The van der Waals surface area contributed by atoms with Crippen LogP contribution in [-0.2, 0) is 24.3 Å². The van der Waals surface area contributed by atoms with E-state index in [0.29, 0.717) is 31.6 Å². The Bertz CT molecular complexity index is 1900. The van der Waals surface area contributed by atoms with E-state index in [1.165, 1.54) is 5.56 Å². The highest BCUT2D eigenvalue weighted by molar-refractivity contribution is 5.95. The molecule has 1 saturated carbocycles. The molecule has 1 fully saturated rings. The predicted octanol–water partition coefficient (Wildman–Crippen LogP) is 6.46. The number of carboxylic acid groups (broad SMARTS) is 1. The molecule has 7 heteroatoms. The number of hydrogen-bond acceptors (Lipinski definition) is 3. The average Bonchev–Trinajstić information content (AvgIpc) is 3.70. The van der Waals surface area contributed by atoms with E-state index in [4.69, 9.17) is 0 Å². The van der Waals surface area contributed by atoms with Gasteiger partial charge in [0.25, 0.3) is 5.91 Å². The second kappa shape index (κ2) is 11.9. The van der Waals surface area contributed by atoms with E-state index in [-0.39, 0.29) is 29.2 Å². The Morgan fingerprint density at radius 3 is 2.38 bits per heavy atom. The number of nitrogens with one attached hydrogen (secondary N) is 1. The molecule has 5 aromatic rings. The van der Waals surface area contributed by atoms with Gasteiger partial charge in [-0.1, -0.05) is 60.7 Å². The quantitative estimate of drug-likeness (QED) is 0.215. The predicted molar refractivity (Wildman–Crippen MR) is 172 cm³/mol. The highest BCUT2D eigenvalue weighted by Crippen LogP contribution is 2.47. The fourth-order valence-corrected chi connectivity index (χ4v) is 6.53. The van der Waals surface area contributed by atoms with Gasteiger partial charge in [-0.3, -0.25) is 9.59 Å². The molecule has 2 aliphatic rings. The zero-order chi connectivity index (χ0) is 30.9. The van der Waals surface area contributed by atoms with Crippen molar-refractivity contribution in [2.75, 3.05) is 6.54 Å². The van der Waals surface area contributed by atoms with Crippen LogP contribution in [0.5, 0.6) is 0 Å². The smallest absolute Gasteiger partial charge is 0.335 e. The molecule has 0 saturated heterocycles. The van der Waals surface area contributed by atoms with E-state index >= 15 is 0 Å². The summed E-state index contributed by atoms with van der Waals surface area (Å²) in [6, 6.07) is 32.7. The lowest BCUT2D eigenvalue weighted by atomic mass is 9.87. The summed E-state index contributed by atoms with van der Waals surface area (Å²) in [5.74, 6) is -0.766. The average molecular weight is 596 g/mol. The van der Waals surface area contributed by atoms with Crippen LogP contribution in [0.2, 0.25) is 0 Å². The van der Waals surface area contributed by atoms with Gasteiger partial charge in [0.2, 0.25) is 5.91 Å². The maximum Gasteiger partial charge on any atom is 0.335 e. The Labute approximate surface area is 261 Å². The maximum absolute atomic E-state index is 13.8. The van der Waals surface area contributed by atoms with E-state index in [0.717, 1.165) is 39.9 Å². The van der Waals surface area contributed by atoms with Crippen LogP contribution in [0.3, 0.4) is 0 Å². The third kappa shape index (κ3) is 5.77. The number of hydrogen-bond donors (Lipinski definition) is 2. The van der Waals surface area contributed by atoms with Crippen molar-refractivity contribution in [2.45, 2.75) is 31.8 Å². The van der Waals surface area contributed by atoms with Crippen molar-refractivity contribution in [3.8, 4) is 16.8 Å². The van der Waals surface area contributed by atoms with Gasteiger partial charge in [0.15, 0.2) is 0 Å². The monoisotopic (exact) mass is 595 g/mol. The summed E-state index contributed by atoms with van der Waals surface area (Å²) >= 11 is 0. The van der Waals surface area contributed by atoms with Crippen LogP contribution >= 0.6 is 0 Å². The van der Waals surface area contributed by atoms with Crippen molar-refractivity contribution in [1.82, 2.24) is 14.8 Å². The molecule has 1 aliphatic carbocycles. The van der Waals surface area contributed by atoms with Crippen LogP contribution in [-0.4, -0.2) is 38.9 Å². The van der Waals surface area contributed by atoms with E-state index < -0.39 is 5.97 Å². The summed E-state index contributed by atoms with van der Waals surface area (Å²) in [7, 11) is 0. The number of benzene rings is 4. The van der Waals surface area contributed by atoms with Crippen molar-refractivity contribution in [3.05, 3.63) is 149 Å². The van der Waals surface area contributed by atoms with Crippen molar-refractivity contribution in [1.29, 1.82) is 0 Å². The zero-order valence-corrected chi connectivity index (χ0v) is 24.7. The molecule has 0 unspecified atom stereocenters. The SMILES string of the molecule is O=C(O)c1cccc(-c2ccc(CNC(=O)[C@H]3C[C@@H]3c3ccccc3)c3c2CCN(C(=O)c2cccc(-n4cccc4)c2)C3)c1. The minimum Gasteiger partial charge on any atom is -0.478 e. The summed E-state index contributed by atoms with van der Waals surface area (Å²) < 4.78 is 1.98. The first-order valence-corrected chi connectivity index (χ1v) is 15.3. The Balaban J connectivity index is 1.17. The lowest BCUT2D eigenvalue weighted by Crippen LogP contribution is -2.37. The lowest BCUT2D eigenvalue weighted by Gasteiger charge is -2.32. The van der Waals surface area contributed by atoms with Gasteiger partial charge in [-0.05, 0) is 94.6 Å². The van der Waals surface area contributed by atoms with Crippen LogP contribution < -0.4 is 5.32 Å². The molecule has 2 N–H and O–H groups in total. The third-order valence-electron chi connectivity index (χ3n) is 9.02. The molecule has 45 heavy (non-hydrogen) atoms. The molecule has 7 nitrogen and oxygen atoms in total. The van der Waals surface area contributed by atoms with Gasteiger partial charge in [0.05, 0.1) is 5.56 Å². The van der Waals surface area contributed by atoms with E-state index in [1.807, 2.05) is 94.7 Å². The number of aromatic carboxylic acids is 1. The van der Waals surface area contributed by atoms with Crippen LogP contribution in [0.15, 0.2) is 116 Å². The number of nitrogens with zero attached hydrogens (tertiary/aromatic N) is 2. The first-order chi connectivity index (χ1) is 22.0. The van der Waals surface area contributed by atoms with Crippen molar-refractivity contribution >= 4 is 17.8 Å². The first kappa shape index (κ1) is 28.3. The molecule has 0 radical (unpaired) electrons. The number of fused-ring (bicyclic) bond motifs is 1. The molecule has 2 amide bonds. The van der Waals surface area contributed by atoms with Gasteiger partial charge < -0.3 is 19.9 Å². The van der Waals surface area contributed by atoms with Gasteiger partial charge >= 0.3 is 5.97 Å². The van der Waals surface area contributed by atoms with Crippen LogP contribution in [0.25, 0.3) is 16.8 Å². The van der Waals surface area contributed by atoms with Gasteiger partial charge in [0.1, 0.15) is 0 Å². The van der Waals surface area contributed by atoms with Gasteiger partial charge in [-0.25, -0.2) is 4.79 Å². The van der Waals surface area contributed by atoms with E-state index in [2.05, 4.69) is 17.4 Å². The standard InChI is InChI=1S/C38H33N3O4/c42-36(34-22-33(34)25-8-2-1-3-9-25)39-23-29-14-15-31(26-10-6-12-28(20-26)38(44)45)32-16-19-41(24-35(29)32)37(43)27-11-7-13-30(21-27)40-17-4-5-18-40/h1-15,17-18,20-21,33-34H,16,19,22-24H2,(H,39,42)(H,44,45)/t33-,34+/m1/s1. The van der Waals surface area contributed by atoms with Crippen LogP contribution in [0.1, 0.15) is 55.3 Å². The molecule has 7 rings (SSSR count). The summed E-state index contributed by atoms with van der Waals surface area (Å²) in [6.07, 6.45) is 5.36. The van der Waals surface area contributed by atoms with E-state index in [9.17, 15) is 19.5 Å². The Hall–Kier alpha value is -5.43. The molecule has 2 heterocycles. The summed E-state index contributed by atoms with van der Waals surface area (Å²) in [5, 5.41) is 12.8. The Kier molecular flexibility index (Phi) is 7.51. The number of carbonyl (C=O) groups excluding carboxylic acids is 2. The summed E-state index contributed by atoms with van der Waals surface area (Å²) in [4.78, 5) is 40.6. The first-order valence-electron chi connectivity index (χ1n) is 15.3. The number of aromatic nitrogens is 1. The maximum atomic E-state index is 13.8. The molecular weight excluding hydrogens is 562 g/mol. The lowest BCUT2D eigenvalue weighted by molar-refractivity contribution is -0.122. The van der Waals surface area contributed by atoms with Gasteiger partial charge in [-0.15, -0.1) is 0 Å². The molecule has 1 aliphatic heterocycles. The summed E-state index contributed by atoms with van der Waals surface area (Å²) in [6.45, 7) is 1.29. The van der Waals surface area contributed by atoms with Crippen molar-refractivity contribution < 1.29 is 19.5 Å². The van der Waals surface area contributed by atoms with Crippen molar-refractivity contribution in [3.63, 3.8) is 0 Å². The number of carboxylic acids is 1. The minimum absolute atomic E-state index is 0.0353. The number of amides is 2. The van der Waals surface area contributed by atoms with E-state index in [1.54, 1.807) is 18.2 Å². The molecule has 224 valence electrons. The fraction of sp³-hybridized carbons (Fsp3) is 0.184. The van der Waals surface area contributed by atoms with Crippen LogP contribution in [0, 0.1) is 5.92 Å². The normalized spacial score (nSPS) is 16.9. The second-order valence-corrected chi connectivity index (χ2v) is 11.8. The molecule has 4 aromatic carbocycles. The minimum atomic E-state index is -0.974. The largest absolute Gasteiger partial charge is 0.478 e. The van der Waals surface area contributed by atoms with Crippen molar-refractivity contribution in [2.24, 2.45) is 5.92 Å².